The molecule has 2 N–H and O–H groups in total. The van der Waals surface area contributed by atoms with Crippen LogP contribution in [0.15, 0.2) is 41.7 Å². The number of hydrogen-bond donors (Lipinski definition) is 2. The molecule has 0 aliphatic carbocycles. The lowest BCUT2D eigenvalue weighted by Crippen LogP contribution is -2.44. The smallest absolute Gasteiger partial charge is 0.222 e. The first kappa shape index (κ1) is 23.2. The zero-order valence-electron chi connectivity index (χ0n) is 17.4. The molecule has 0 saturated carbocycles. The lowest BCUT2D eigenvalue weighted by molar-refractivity contribution is -0.129. The van der Waals surface area contributed by atoms with Crippen LogP contribution in [0.2, 0.25) is 0 Å². The molecule has 3 rings (SSSR count). The molecule has 0 spiro atoms. The van der Waals surface area contributed by atoms with Crippen LogP contribution in [0, 0.1) is 6.92 Å². The van der Waals surface area contributed by atoms with Crippen molar-refractivity contribution in [2.75, 3.05) is 20.1 Å². The number of likely N-dealkylation sites (tertiary alicyclic amines) is 1. The Hall–Kier alpha value is -2.10. The number of amides is 1. The van der Waals surface area contributed by atoms with E-state index < -0.39 is 0 Å². The van der Waals surface area contributed by atoms with E-state index in [1.54, 1.807) is 7.05 Å². The van der Waals surface area contributed by atoms with E-state index in [0.29, 0.717) is 13.0 Å². The van der Waals surface area contributed by atoms with E-state index in [0.717, 1.165) is 37.8 Å². The van der Waals surface area contributed by atoms with Crippen molar-refractivity contribution in [1.82, 2.24) is 25.1 Å². The largest absolute Gasteiger partial charge is 0.352 e. The Labute approximate surface area is 190 Å². The summed E-state index contributed by atoms with van der Waals surface area (Å²) in [4.78, 5) is 22.4. The van der Waals surface area contributed by atoms with Crippen molar-refractivity contribution in [2.24, 2.45) is 4.99 Å². The average Bonchev–Trinajstić information content (AvgIpc) is 3.34. The molecule has 2 aromatic rings. The van der Waals surface area contributed by atoms with Crippen LogP contribution in [0.25, 0.3) is 0 Å². The van der Waals surface area contributed by atoms with Crippen molar-refractivity contribution >= 4 is 35.8 Å². The van der Waals surface area contributed by atoms with E-state index in [2.05, 4.69) is 49.4 Å². The molecule has 2 heterocycles. The summed E-state index contributed by atoms with van der Waals surface area (Å²) in [5, 5.41) is 6.82. The molecule has 0 bridgehead atoms. The number of aryl methyl sites for hydroxylation is 1. The Balaban J connectivity index is 0.00000300. The third kappa shape index (κ3) is 6.45. The molecule has 7 nitrogen and oxygen atoms in total. The maximum absolute atomic E-state index is 11.8. The van der Waals surface area contributed by atoms with E-state index >= 15 is 0 Å². The Bertz CT molecular complexity index is 834. The highest BCUT2D eigenvalue weighted by Crippen LogP contribution is 2.11. The van der Waals surface area contributed by atoms with Gasteiger partial charge in [0.15, 0.2) is 5.96 Å². The van der Waals surface area contributed by atoms with Gasteiger partial charge < -0.3 is 20.1 Å². The van der Waals surface area contributed by atoms with Crippen LogP contribution < -0.4 is 10.6 Å². The number of guanidine groups is 1. The number of carbonyl (C=O) groups excluding carboxylic acids is 1. The van der Waals surface area contributed by atoms with Gasteiger partial charge >= 0.3 is 0 Å². The number of carbonyl (C=O) groups is 1. The number of aromatic nitrogens is 2. The standard InChI is InChI=1S/C21H30N6O.HI/c1-4-20(28)27-10-8-19(15-27)25-21(22-3)24-13-17-6-5-7-18(12-17)14-26-11-9-23-16(26)2;/h5-7,9,11-12,19H,4,8,10,13-15H2,1-3H3,(H2,22,24,25);1H. The van der Waals surface area contributed by atoms with Crippen molar-refractivity contribution < 1.29 is 4.79 Å². The van der Waals surface area contributed by atoms with Crippen LogP contribution in [0.5, 0.6) is 0 Å². The number of hydrogen-bond acceptors (Lipinski definition) is 3. The van der Waals surface area contributed by atoms with Gasteiger partial charge in [0.2, 0.25) is 5.91 Å². The SMILES string of the molecule is CCC(=O)N1CCC(NC(=NC)NCc2cccc(Cn3ccnc3C)c2)C1.I. The molecular formula is C21H31IN6O. The van der Waals surface area contributed by atoms with E-state index in [4.69, 9.17) is 0 Å². The molecule has 1 amide bonds. The Morgan fingerprint density at radius 3 is 2.83 bits per heavy atom. The fraction of sp³-hybridized carbons (Fsp3) is 0.476. The third-order valence-electron chi connectivity index (χ3n) is 5.14. The number of benzene rings is 1. The molecule has 158 valence electrons. The molecule has 1 unspecified atom stereocenters. The first-order valence-electron chi connectivity index (χ1n) is 9.89. The molecule has 1 aromatic carbocycles. The van der Waals surface area contributed by atoms with E-state index in [1.807, 2.05) is 31.1 Å². The van der Waals surface area contributed by atoms with Gasteiger partial charge in [-0.15, -0.1) is 24.0 Å². The maximum atomic E-state index is 11.8. The molecule has 1 aliphatic heterocycles. The molecule has 1 atom stereocenters. The van der Waals surface area contributed by atoms with Crippen molar-refractivity contribution in [1.29, 1.82) is 0 Å². The van der Waals surface area contributed by atoms with Crippen molar-refractivity contribution in [3.63, 3.8) is 0 Å². The van der Waals surface area contributed by atoms with Gasteiger partial charge in [-0.1, -0.05) is 31.2 Å². The minimum Gasteiger partial charge on any atom is -0.352 e. The predicted molar refractivity (Wildman–Crippen MR) is 127 cm³/mol. The fourth-order valence-electron chi connectivity index (χ4n) is 3.51. The van der Waals surface area contributed by atoms with Crippen molar-refractivity contribution in [3.8, 4) is 0 Å². The van der Waals surface area contributed by atoms with Gasteiger partial charge in [0.1, 0.15) is 5.82 Å². The summed E-state index contributed by atoms with van der Waals surface area (Å²) in [5.41, 5.74) is 2.44. The molecule has 1 saturated heterocycles. The number of aliphatic imine (C=N–C) groups is 1. The highest BCUT2D eigenvalue weighted by atomic mass is 127. The van der Waals surface area contributed by atoms with Gasteiger partial charge in [-0.3, -0.25) is 9.79 Å². The average molecular weight is 510 g/mol. The number of nitrogens with zero attached hydrogens (tertiary/aromatic N) is 4. The molecule has 8 heteroatoms. The monoisotopic (exact) mass is 510 g/mol. The van der Waals surface area contributed by atoms with Crippen molar-refractivity contribution in [2.45, 2.75) is 45.8 Å². The molecule has 1 aliphatic rings. The number of rotatable bonds is 6. The highest BCUT2D eigenvalue weighted by molar-refractivity contribution is 14.0. The van der Waals surface area contributed by atoms with E-state index in [-0.39, 0.29) is 35.9 Å². The van der Waals surface area contributed by atoms with Crippen LogP contribution >= 0.6 is 24.0 Å². The molecule has 29 heavy (non-hydrogen) atoms. The summed E-state index contributed by atoms with van der Waals surface area (Å²) in [5.74, 6) is 2.00. The minimum absolute atomic E-state index is 0. The molecule has 1 aromatic heterocycles. The van der Waals surface area contributed by atoms with Crippen LogP contribution in [-0.4, -0.2) is 52.5 Å². The van der Waals surface area contributed by atoms with Gasteiger partial charge in [0.25, 0.3) is 0 Å². The van der Waals surface area contributed by atoms with Crippen LogP contribution in [0.3, 0.4) is 0 Å². The highest BCUT2D eigenvalue weighted by Gasteiger charge is 2.25. The summed E-state index contributed by atoms with van der Waals surface area (Å²) >= 11 is 0. The second kappa shape index (κ2) is 11.2. The summed E-state index contributed by atoms with van der Waals surface area (Å²) < 4.78 is 2.14. The molecular weight excluding hydrogens is 479 g/mol. The van der Waals surface area contributed by atoms with Crippen LogP contribution in [0.4, 0.5) is 0 Å². The lowest BCUT2D eigenvalue weighted by atomic mass is 10.1. The summed E-state index contributed by atoms with van der Waals surface area (Å²) in [7, 11) is 1.78. The van der Waals surface area contributed by atoms with Crippen molar-refractivity contribution in [3.05, 3.63) is 53.6 Å². The predicted octanol–water partition coefficient (Wildman–Crippen LogP) is 2.53. The second-order valence-electron chi connectivity index (χ2n) is 7.17. The zero-order valence-corrected chi connectivity index (χ0v) is 19.7. The Morgan fingerprint density at radius 2 is 2.14 bits per heavy atom. The minimum atomic E-state index is 0. The zero-order chi connectivity index (χ0) is 19.9. The summed E-state index contributed by atoms with van der Waals surface area (Å²) in [6.45, 7) is 6.99. The van der Waals surface area contributed by atoms with Crippen LogP contribution in [-0.2, 0) is 17.9 Å². The third-order valence-corrected chi connectivity index (χ3v) is 5.14. The maximum Gasteiger partial charge on any atom is 0.222 e. The fourth-order valence-corrected chi connectivity index (χ4v) is 3.51. The number of nitrogens with one attached hydrogen (secondary N) is 2. The first-order valence-corrected chi connectivity index (χ1v) is 9.89. The first-order chi connectivity index (χ1) is 13.6. The normalized spacial score (nSPS) is 16.4. The quantitative estimate of drug-likeness (QED) is 0.356. The Morgan fingerprint density at radius 1 is 1.34 bits per heavy atom. The topological polar surface area (TPSA) is 74.6 Å². The van der Waals surface area contributed by atoms with E-state index in [9.17, 15) is 4.79 Å². The summed E-state index contributed by atoms with van der Waals surface area (Å²) in [6, 6.07) is 8.78. The van der Waals surface area contributed by atoms with Gasteiger partial charge in [-0.05, 0) is 24.5 Å². The number of imidazole rings is 1. The van der Waals surface area contributed by atoms with Gasteiger partial charge in [0, 0.05) is 58.1 Å². The second-order valence-corrected chi connectivity index (χ2v) is 7.17. The van der Waals surface area contributed by atoms with Gasteiger partial charge in [0.05, 0.1) is 0 Å². The van der Waals surface area contributed by atoms with Crippen LogP contribution in [0.1, 0.15) is 36.7 Å². The van der Waals surface area contributed by atoms with Gasteiger partial charge in [-0.25, -0.2) is 4.98 Å². The van der Waals surface area contributed by atoms with Gasteiger partial charge in [-0.2, -0.15) is 0 Å². The van der Waals surface area contributed by atoms with E-state index in [1.165, 1.54) is 11.1 Å². The summed E-state index contributed by atoms with van der Waals surface area (Å²) in [6.07, 6.45) is 5.34. The lowest BCUT2D eigenvalue weighted by Gasteiger charge is -2.19. The number of halogens is 1. The Kier molecular flexibility index (Phi) is 8.94. The molecule has 1 fully saturated rings. The molecule has 0 radical (unpaired) electrons.